The van der Waals surface area contributed by atoms with Gasteiger partial charge in [0.05, 0.1) is 5.60 Å². The van der Waals surface area contributed by atoms with Crippen LogP contribution in [0, 0.1) is 22.7 Å². The second kappa shape index (κ2) is 6.33. The second-order valence-electron chi connectivity index (χ2n) is 13.1. The third-order valence-corrected chi connectivity index (χ3v) is 11.3. The molecule has 4 bridgehead atoms. The number of methoxy groups -OCH3 is 1. The number of phenols is 1. The van der Waals surface area contributed by atoms with E-state index in [2.05, 4.69) is 20.8 Å². The van der Waals surface area contributed by atoms with Crippen molar-refractivity contribution in [2.24, 2.45) is 22.7 Å². The maximum absolute atomic E-state index is 12.2. The van der Waals surface area contributed by atoms with Crippen molar-refractivity contribution in [2.75, 3.05) is 20.2 Å². The molecule has 8 rings (SSSR count). The monoisotopic (exact) mass is 471 g/mol. The molecule has 0 amide bonds. The summed E-state index contributed by atoms with van der Waals surface area (Å²) in [6.07, 6.45) is 1.83. The molecule has 2 heterocycles. The normalized spacial score (nSPS) is 49.1. The van der Waals surface area contributed by atoms with Gasteiger partial charge in [0.15, 0.2) is 11.5 Å². The van der Waals surface area contributed by atoms with Gasteiger partial charge in [0.1, 0.15) is 11.7 Å². The fraction of sp³-hybridized carbons (Fsp3) is 0.793. The fourth-order valence-corrected chi connectivity index (χ4v) is 9.14. The molecule has 1 saturated heterocycles. The van der Waals surface area contributed by atoms with Crippen molar-refractivity contribution in [3.05, 3.63) is 23.3 Å². The average Bonchev–Trinajstić information content (AvgIpc) is 3.33. The molecule has 1 aromatic carbocycles. The highest BCUT2D eigenvalue weighted by molar-refractivity contribution is 5.63. The van der Waals surface area contributed by atoms with Crippen LogP contribution < -0.4 is 4.74 Å². The number of benzene rings is 1. The summed E-state index contributed by atoms with van der Waals surface area (Å²) < 4.78 is 48.3. The van der Waals surface area contributed by atoms with Gasteiger partial charge in [0.25, 0.3) is 0 Å². The molecule has 2 unspecified atom stereocenters. The summed E-state index contributed by atoms with van der Waals surface area (Å²) in [7, 11) is 1.73. The zero-order valence-corrected chi connectivity index (χ0v) is 21.1. The van der Waals surface area contributed by atoms with E-state index in [0.717, 1.165) is 17.5 Å². The topological polar surface area (TPSA) is 62.2 Å². The van der Waals surface area contributed by atoms with E-state index >= 15 is 0 Å². The number of phenolic OH excluding ortho intramolecular Hbond substituents is 1. The first-order chi connectivity index (χ1) is 17.5. The predicted octanol–water partition coefficient (Wildman–Crippen LogP) is 4.41. The van der Waals surface area contributed by atoms with Gasteiger partial charge in [-0.05, 0) is 81.3 Å². The number of nitrogens with zero attached hydrogens (tertiary/aromatic N) is 1. The molecule has 5 heteroatoms. The van der Waals surface area contributed by atoms with E-state index in [4.69, 9.17) is 12.2 Å². The summed E-state index contributed by atoms with van der Waals surface area (Å²) in [6, 6.07) is 3.50. The van der Waals surface area contributed by atoms with Crippen LogP contribution >= 0.6 is 0 Å². The summed E-state index contributed by atoms with van der Waals surface area (Å²) in [6.45, 7) is 6.82. The van der Waals surface area contributed by atoms with E-state index in [9.17, 15) is 13.0 Å². The molecule has 0 radical (unpaired) electrons. The Morgan fingerprint density at radius 2 is 2.03 bits per heavy atom. The molecule has 1 aromatic rings. The molecule has 2 spiro atoms. The van der Waals surface area contributed by atoms with Crippen LogP contribution in [0.25, 0.3) is 0 Å². The second-order valence-corrected chi connectivity index (χ2v) is 13.1. The van der Waals surface area contributed by atoms with Crippen molar-refractivity contribution in [1.29, 1.82) is 0 Å². The van der Waals surface area contributed by atoms with Crippen LogP contribution in [-0.4, -0.2) is 58.6 Å². The van der Waals surface area contributed by atoms with E-state index < -0.39 is 52.3 Å². The first-order valence-corrected chi connectivity index (χ1v) is 13.1. The summed E-state index contributed by atoms with van der Waals surface area (Å²) in [5.41, 5.74) is -0.956. The lowest BCUT2D eigenvalue weighted by molar-refractivity contribution is -0.312. The standard InChI is InChI=1S/C29H41NO4/c1-25(2,3)26(4,32)20-15-27-10-11-29(20,33-5)24-28(27)12-13-30(16-17-6-7-17)21(27)14-18-8-9-19(31)23(34-24)22(18)28/h8-9,17,20-21,24,31-32H,6-7,10-16H2,1-5H3/t20-,21-,24-,26+,27-,28+,29?/m1/s1/i6D2,16D2/t17?,20-,21-,24-,26+,27-,28+,29?. The summed E-state index contributed by atoms with van der Waals surface area (Å²) in [5, 5.41) is 23.2. The number of fused-ring (bicyclic) bond motifs is 2. The Balaban J connectivity index is 1.47. The quantitative estimate of drug-likeness (QED) is 0.681. The Bertz CT molecular complexity index is 1230. The van der Waals surface area contributed by atoms with E-state index in [0.29, 0.717) is 38.0 Å². The lowest BCUT2D eigenvalue weighted by atomic mass is 9.33. The highest BCUT2D eigenvalue weighted by atomic mass is 16.6. The third kappa shape index (κ3) is 2.25. The predicted molar refractivity (Wildman–Crippen MR) is 130 cm³/mol. The zero-order chi connectivity index (χ0) is 27.5. The number of aliphatic hydroxyl groups is 1. The summed E-state index contributed by atoms with van der Waals surface area (Å²) in [4.78, 5) is 1.99. The van der Waals surface area contributed by atoms with E-state index in [1.165, 1.54) is 0 Å². The zero-order valence-electron chi connectivity index (χ0n) is 25.1. The van der Waals surface area contributed by atoms with Crippen molar-refractivity contribution in [3.63, 3.8) is 0 Å². The van der Waals surface area contributed by atoms with Gasteiger partial charge >= 0.3 is 0 Å². The SMILES string of the molecule is [2H]C1([2H])CC1C([2H])([2H])N1CC[C@]23c4c5ccc(O)c4O[C@H]2C2(OC)CC[C@@]3(C[C@@H]2[C@](C)(O)C(C)(C)C)[C@H]1C5. The maximum atomic E-state index is 12.2. The van der Waals surface area contributed by atoms with Gasteiger partial charge in [-0.1, -0.05) is 26.8 Å². The highest BCUT2D eigenvalue weighted by Crippen LogP contribution is 2.78. The molecule has 4 saturated carbocycles. The van der Waals surface area contributed by atoms with Gasteiger partial charge in [0, 0.05) is 47.4 Å². The van der Waals surface area contributed by atoms with Crippen LogP contribution in [0.5, 0.6) is 11.5 Å². The van der Waals surface area contributed by atoms with E-state index in [1.807, 2.05) is 17.9 Å². The molecule has 2 N–H and O–H groups in total. The number of likely N-dealkylation sites (tertiary alicyclic amines) is 1. The van der Waals surface area contributed by atoms with Crippen LogP contribution in [0.3, 0.4) is 0 Å². The number of ether oxygens (including phenoxy) is 2. The molecule has 34 heavy (non-hydrogen) atoms. The Hall–Kier alpha value is -1.30. The molecule has 5 fully saturated rings. The van der Waals surface area contributed by atoms with Crippen LogP contribution in [-0.2, 0) is 16.6 Å². The minimum absolute atomic E-state index is 0.134. The molecule has 5 aliphatic carbocycles. The number of hydrogen-bond donors (Lipinski definition) is 2. The molecule has 7 aliphatic rings. The fourth-order valence-electron chi connectivity index (χ4n) is 9.14. The largest absolute Gasteiger partial charge is 0.504 e. The Morgan fingerprint density at radius 1 is 1.26 bits per heavy atom. The van der Waals surface area contributed by atoms with Crippen molar-refractivity contribution in [1.82, 2.24) is 4.90 Å². The molecular weight excluding hydrogens is 426 g/mol. The lowest BCUT2D eigenvalue weighted by Gasteiger charge is -2.75. The smallest absolute Gasteiger partial charge is 0.165 e. The third-order valence-electron chi connectivity index (χ3n) is 11.3. The van der Waals surface area contributed by atoms with Crippen molar-refractivity contribution in [2.45, 2.75) is 101 Å². The van der Waals surface area contributed by atoms with E-state index in [-0.39, 0.29) is 24.1 Å². The Kier molecular flexibility index (Phi) is 3.36. The Morgan fingerprint density at radius 3 is 2.71 bits per heavy atom. The van der Waals surface area contributed by atoms with Crippen LogP contribution in [0.4, 0.5) is 0 Å². The molecule has 5 nitrogen and oxygen atoms in total. The number of rotatable bonds is 4. The Labute approximate surface area is 209 Å². The van der Waals surface area contributed by atoms with Gasteiger partial charge < -0.3 is 19.7 Å². The number of hydrogen-bond acceptors (Lipinski definition) is 5. The molecule has 2 aliphatic heterocycles. The molecule has 186 valence electrons. The van der Waals surface area contributed by atoms with Crippen molar-refractivity contribution in [3.8, 4) is 11.5 Å². The first-order valence-electron chi connectivity index (χ1n) is 15.1. The van der Waals surface area contributed by atoms with Gasteiger partial charge in [-0.15, -0.1) is 0 Å². The van der Waals surface area contributed by atoms with Gasteiger partial charge in [-0.25, -0.2) is 0 Å². The minimum Gasteiger partial charge on any atom is -0.504 e. The van der Waals surface area contributed by atoms with Gasteiger partial charge in [0.2, 0.25) is 0 Å². The summed E-state index contributed by atoms with van der Waals surface area (Å²) in [5.74, 6) is -0.225. The average molecular weight is 472 g/mol. The van der Waals surface area contributed by atoms with E-state index in [1.54, 1.807) is 13.2 Å². The van der Waals surface area contributed by atoms with Crippen molar-refractivity contribution < 1.29 is 25.2 Å². The van der Waals surface area contributed by atoms with Gasteiger partial charge in [-0.2, -0.15) is 0 Å². The first kappa shape index (κ1) is 18.0. The number of aromatic hydroxyl groups is 1. The number of piperidine rings is 1. The van der Waals surface area contributed by atoms with Gasteiger partial charge in [-0.3, -0.25) is 4.90 Å². The maximum Gasteiger partial charge on any atom is 0.165 e. The molecule has 0 aromatic heterocycles. The lowest BCUT2D eigenvalue weighted by Crippen LogP contribution is -2.83. The summed E-state index contributed by atoms with van der Waals surface area (Å²) >= 11 is 0. The highest BCUT2D eigenvalue weighted by Gasteiger charge is 2.82. The molecule has 8 atom stereocenters. The molecular formula is C29H41NO4. The minimum atomic E-state index is -1.77. The van der Waals surface area contributed by atoms with Crippen LogP contribution in [0.2, 0.25) is 0 Å². The van der Waals surface area contributed by atoms with Crippen LogP contribution in [0.15, 0.2) is 12.1 Å². The van der Waals surface area contributed by atoms with Crippen LogP contribution in [0.1, 0.15) is 82.8 Å². The van der Waals surface area contributed by atoms with Crippen molar-refractivity contribution >= 4 is 0 Å².